The highest BCUT2D eigenvalue weighted by Crippen LogP contribution is 2.29. The lowest BCUT2D eigenvalue weighted by molar-refractivity contribution is -0.164. The SMILES string of the molecule is CCOC(=O)C(F)(F)/C=C(/I)c1ccsc1. The number of rotatable bonds is 4. The van der Waals surface area contributed by atoms with E-state index in [4.69, 9.17) is 0 Å². The van der Waals surface area contributed by atoms with Gasteiger partial charge >= 0.3 is 11.9 Å². The summed E-state index contributed by atoms with van der Waals surface area (Å²) in [6.45, 7) is 1.43. The van der Waals surface area contributed by atoms with Gasteiger partial charge in [0, 0.05) is 9.66 Å². The Kier molecular flexibility index (Phi) is 4.85. The number of ether oxygens (including phenoxy) is 1. The van der Waals surface area contributed by atoms with Crippen molar-refractivity contribution in [2.45, 2.75) is 12.8 Å². The van der Waals surface area contributed by atoms with Crippen LogP contribution in [0.2, 0.25) is 0 Å². The molecule has 2 nitrogen and oxygen atoms in total. The Labute approximate surface area is 109 Å². The molecule has 0 saturated carbocycles. The number of carbonyl (C=O) groups excluding carboxylic acids is 1. The lowest BCUT2D eigenvalue weighted by atomic mass is 10.2. The second-order valence-corrected chi connectivity index (χ2v) is 4.79. The zero-order valence-corrected chi connectivity index (χ0v) is 11.3. The topological polar surface area (TPSA) is 26.3 Å². The van der Waals surface area contributed by atoms with Crippen LogP contribution in [0.1, 0.15) is 12.5 Å². The van der Waals surface area contributed by atoms with Crippen molar-refractivity contribution in [3.63, 3.8) is 0 Å². The minimum absolute atomic E-state index is 0.0582. The van der Waals surface area contributed by atoms with Crippen molar-refractivity contribution >= 4 is 43.5 Å². The smallest absolute Gasteiger partial charge is 0.381 e. The van der Waals surface area contributed by atoms with Crippen molar-refractivity contribution in [2.24, 2.45) is 0 Å². The summed E-state index contributed by atoms with van der Waals surface area (Å²) in [5.41, 5.74) is 0.676. The first kappa shape index (κ1) is 13.6. The third kappa shape index (κ3) is 3.51. The molecule has 6 heteroatoms. The minimum atomic E-state index is -3.57. The van der Waals surface area contributed by atoms with Gasteiger partial charge in [0.25, 0.3) is 0 Å². The second-order valence-electron chi connectivity index (χ2n) is 2.85. The number of hydrogen-bond donors (Lipinski definition) is 0. The number of carbonyl (C=O) groups is 1. The van der Waals surface area contributed by atoms with Gasteiger partial charge in [-0.1, -0.05) is 0 Å². The van der Waals surface area contributed by atoms with Crippen LogP contribution >= 0.6 is 33.9 Å². The average molecular weight is 358 g/mol. The van der Waals surface area contributed by atoms with Crippen molar-refractivity contribution in [1.29, 1.82) is 0 Å². The summed E-state index contributed by atoms with van der Waals surface area (Å²) in [5, 5.41) is 3.52. The van der Waals surface area contributed by atoms with E-state index in [1.807, 2.05) is 0 Å². The van der Waals surface area contributed by atoms with Crippen molar-refractivity contribution in [3.05, 3.63) is 28.5 Å². The van der Waals surface area contributed by atoms with Gasteiger partial charge in [0.05, 0.1) is 6.61 Å². The van der Waals surface area contributed by atoms with Crippen LogP contribution in [0.4, 0.5) is 8.78 Å². The first-order chi connectivity index (χ1) is 7.47. The maximum Gasteiger partial charge on any atom is 0.381 e. The average Bonchev–Trinajstić information content (AvgIpc) is 2.70. The summed E-state index contributed by atoms with van der Waals surface area (Å²) in [7, 11) is 0. The first-order valence-corrected chi connectivity index (χ1v) is 6.45. The molecule has 0 fully saturated rings. The Hall–Kier alpha value is -0.500. The molecule has 0 radical (unpaired) electrons. The zero-order valence-electron chi connectivity index (χ0n) is 8.38. The molecule has 88 valence electrons. The highest BCUT2D eigenvalue weighted by Gasteiger charge is 2.38. The van der Waals surface area contributed by atoms with Gasteiger partial charge in [-0.3, -0.25) is 0 Å². The molecule has 0 aromatic carbocycles. The van der Waals surface area contributed by atoms with Crippen molar-refractivity contribution in [1.82, 2.24) is 0 Å². The minimum Gasteiger partial charge on any atom is -0.461 e. The number of alkyl halides is 2. The van der Waals surface area contributed by atoms with E-state index in [2.05, 4.69) is 4.74 Å². The lowest BCUT2D eigenvalue weighted by Crippen LogP contribution is -2.28. The summed E-state index contributed by atoms with van der Waals surface area (Å²) in [4.78, 5) is 11.0. The molecule has 0 aliphatic heterocycles. The zero-order chi connectivity index (χ0) is 12.2. The molecule has 0 aliphatic rings. The summed E-state index contributed by atoms with van der Waals surface area (Å²) >= 11 is 3.18. The fourth-order valence-corrected chi connectivity index (χ4v) is 2.52. The maximum atomic E-state index is 13.3. The molecule has 0 amide bonds. The fourth-order valence-electron chi connectivity index (χ4n) is 0.929. The van der Waals surface area contributed by atoms with Crippen LogP contribution in [-0.2, 0) is 9.53 Å². The van der Waals surface area contributed by atoms with Gasteiger partial charge in [0.15, 0.2) is 0 Å². The summed E-state index contributed by atoms with van der Waals surface area (Å²) in [5.74, 6) is -5.09. The van der Waals surface area contributed by atoms with Gasteiger partial charge in [-0.15, -0.1) is 0 Å². The molecule has 1 aromatic rings. The van der Waals surface area contributed by atoms with E-state index < -0.39 is 11.9 Å². The number of halogens is 3. The molecule has 16 heavy (non-hydrogen) atoms. The highest BCUT2D eigenvalue weighted by atomic mass is 127. The van der Waals surface area contributed by atoms with Gasteiger partial charge in [0.1, 0.15) is 0 Å². The number of hydrogen-bond acceptors (Lipinski definition) is 3. The lowest BCUT2D eigenvalue weighted by Gasteiger charge is -2.10. The molecule has 1 heterocycles. The van der Waals surface area contributed by atoms with E-state index in [0.717, 1.165) is 0 Å². The second kappa shape index (κ2) is 5.72. The molecule has 1 rings (SSSR count). The Morgan fingerprint density at radius 1 is 1.69 bits per heavy atom. The number of esters is 1. The van der Waals surface area contributed by atoms with E-state index >= 15 is 0 Å². The monoisotopic (exact) mass is 358 g/mol. The molecule has 0 saturated heterocycles. The van der Waals surface area contributed by atoms with Gasteiger partial charge in [-0.2, -0.15) is 20.1 Å². The molecule has 0 unspecified atom stereocenters. The third-order valence-corrected chi connectivity index (χ3v) is 3.27. The van der Waals surface area contributed by atoms with Gasteiger partial charge < -0.3 is 4.74 Å². The molecule has 0 spiro atoms. The van der Waals surface area contributed by atoms with Crippen LogP contribution in [0.25, 0.3) is 3.58 Å². The third-order valence-electron chi connectivity index (χ3n) is 1.65. The predicted molar refractivity (Wildman–Crippen MR) is 67.9 cm³/mol. The summed E-state index contributed by atoms with van der Waals surface area (Å²) < 4.78 is 31.2. The Balaban J connectivity index is 2.85. The van der Waals surface area contributed by atoms with Crippen molar-refractivity contribution in [2.75, 3.05) is 6.61 Å². The Bertz CT molecular complexity index is 388. The van der Waals surface area contributed by atoms with Crippen LogP contribution in [0.5, 0.6) is 0 Å². The van der Waals surface area contributed by atoms with Gasteiger partial charge in [-0.05, 0) is 51.9 Å². The van der Waals surface area contributed by atoms with Crippen LogP contribution in [0.15, 0.2) is 22.9 Å². The molecular weight excluding hydrogens is 349 g/mol. The Morgan fingerprint density at radius 2 is 2.38 bits per heavy atom. The fraction of sp³-hybridized carbons (Fsp3) is 0.300. The van der Waals surface area contributed by atoms with Gasteiger partial charge in [-0.25, -0.2) is 4.79 Å². The van der Waals surface area contributed by atoms with Gasteiger partial charge in [0.2, 0.25) is 0 Å². The number of thiophene rings is 1. The maximum absolute atomic E-state index is 13.3. The highest BCUT2D eigenvalue weighted by molar-refractivity contribution is 14.1. The molecule has 0 bridgehead atoms. The normalized spacial score (nSPS) is 12.6. The van der Waals surface area contributed by atoms with Crippen LogP contribution < -0.4 is 0 Å². The van der Waals surface area contributed by atoms with E-state index in [1.165, 1.54) is 18.3 Å². The van der Waals surface area contributed by atoms with Crippen molar-refractivity contribution < 1.29 is 18.3 Å². The van der Waals surface area contributed by atoms with E-state index in [-0.39, 0.29) is 6.61 Å². The predicted octanol–water partition coefficient (Wildman–Crippen LogP) is 3.72. The van der Waals surface area contributed by atoms with Crippen molar-refractivity contribution in [3.8, 4) is 0 Å². The standard InChI is InChI=1S/C10H9F2IO2S/c1-2-15-9(14)10(11,12)5-8(13)7-3-4-16-6-7/h3-6H,2H2,1H3/b8-5+. The summed E-state index contributed by atoms with van der Waals surface area (Å²) in [6, 6.07) is 1.71. The molecular formula is C10H9F2IO2S. The van der Waals surface area contributed by atoms with Crippen LogP contribution in [-0.4, -0.2) is 18.5 Å². The van der Waals surface area contributed by atoms with E-state index in [0.29, 0.717) is 15.2 Å². The van der Waals surface area contributed by atoms with E-state index in [1.54, 1.807) is 39.4 Å². The molecule has 0 atom stereocenters. The molecule has 1 aromatic heterocycles. The largest absolute Gasteiger partial charge is 0.461 e. The molecule has 0 N–H and O–H groups in total. The van der Waals surface area contributed by atoms with Crippen LogP contribution in [0.3, 0.4) is 0 Å². The summed E-state index contributed by atoms with van der Waals surface area (Å²) in [6.07, 6.45) is 0.619. The van der Waals surface area contributed by atoms with E-state index in [9.17, 15) is 13.6 Å². The Morgan fingerprint density at radius 3 is 2.88 bits per heavy atom. The molecule has 0 aliphatic carbocycles. The van der Waals surface area contributed by atoms with Crippen LogP contribution in [0, 0.1) is 0 Å². The quantitative estimate of drug-likeness (QED) is 0.606. The first-order valence-electron chi connectivity index (χ1n) is 4.43.